The third-order valence-corrected chi connectivity index (χ3v) is 8.34. The molecule has 1 N–H and O–H groups in total. The quantitative estimate of drug-likeness (QED) is 0.552. The number of aliphatic hydroxyl groups is 1. The minimum atomic E-state index is -3.67. The molecule has 0 fully saturated rings. The first kappa shape index (κ1) is 22.7. The number of aliphatic hydroxyl groups excluding tert-OH is 1. The van der Waals surface area contributed by atoms with Gasteiger partial charge in [-0.3, -0.25) is 0 Å². The van der Waals surface area contributed by atoms with E-state index in [9.17, 15) is 13.5 Å². The summed E-state index contributed by atoms with van der Waals surface area (Å²) >= 11 is 0. The van der Waals surface area contributed by atoms with Gasteiger partial charge in [-0.05, 0) is 67.0 Å². The molecule has 0 aromatic heterocycles. The standard InChI is InChI=1S/C27H31NO3S/c1-20-12-16-25(17-13-20)32(30,31)28(2)19-26(27(29)22-9-4-3-5-10-22)24-15-14-21-8-6-7-11-23(21)18-24/h3-5,9-10,12-18,26-27,29H,6-8,11,19H2,1-2H3/t26-,27+/m1/s1. The summed E-state index contributed by atoms with van der Waals surface area (Å²) in [5.41, 5.74) is 5.47. The van der Waals surface area contributed by atoms with Crippen LogP contribution in [0.4, 0.5) is 0 Å². The largest absolute Gasteiger partial charge is 0.388 e. The highest BCUT2D eigenvalue weighted by Gasteiger charge is 2.30. The van der Waals surface area contributed by atoms with Gasteiger partial charge < -0.3 is 5.11 Å². The second-order valence-corrected chi connectivity index (χ2v) is 10.8. The van der Waals surface area contributed by atoms with Gasteiger partial charge >= 0.3 is 0 Å². The summed E-state index contributed by atoms with van der Waals surface area (Å²) in [6, 6.07) is 22.8. The van der Waals surface area contributed by atoms with E-state index in [0.29, 0.717) is 0 Å². The van der Waals surface area contributed by atoms with Crippen LogP contribution in [0.15, 0.2) is 77.7 Å². The normalized spacial score (nSPS) is 15.9. The molecule has 4 nitrogen and oxygen atoms in total. The molecule has 0 aliphatic heterocycles. The van der Waals surface area contributed by atoms with E-state index in [1.165, 1.54) is 28.3 Å². The molecule has 0 saturated carbocycles. The fraction of sp³-hybridized carbons (Fsp3) is 0.333. The Morgan fingerprint density at radius 2 is 1.53 bits per heavy atom. The van der Waals surface area contributed by atoms with Crippen molar-refractivity contribution >= 4 is 10.0 Å². The minimum absolute atomic E-state index is 0.186. The lowest BCUT2D eigenvalue weighted by Gasteiger charge is -2.29. The van der Waals surface area contributed by atoms with Crippen LogP contribution in [0.5, 0.6) is 0 Å². The van der Waals surface area contributed by atoms with Crippen molar-refractivity contribution in [1.82, 2.24) is 4.31 Å². The molecule has 0 saturated heterocycles. The van der Waals surface area contributed by atoms with Gasteiger partial charge in [-0.1, -0.05) is 66.2 Å². The van der Waals surface area contributed by atoms with E-state index < -0.39 is 16.1 Å². The number of rotatable bonds is 7. The van der Waals surface area contributed by atoms with Crippen LogP contribution in [0, 0.1) is 6.92 Å². The predicted molar refractivity (Wildman–Crippen MR) is 128 cm³/mol. The summed E-state index contributed by atoms with van der Waals surface area (Å²) in [4.78, 5) is 0.268. The first-order valence-electron chi connectivity index (χ1n) is 11.2. The molecule has 5 heteroatoms. The monoisotopic (exact) mass is 449 g/mol. The van der Waals surface area contributed by atoms with Gasteiger partial charge in [0.25, 0.3) is 0 Å². The maximum absolute atomic E-state index is 13.2. The topological polar surface area (TPSA) is 57.6 Å². The summed E-state index contributed by atoms with van der Waals surface area (Å²) in [5, 5.41) is 11.3. The van der Waals surface area contributed by atoms with E-state index in [2.05, 4.69) is 18.2 Å². The number of benzene rings is 3. The van der Waals surface area contributed by atoms with Gasteiger partial charge in [-0.2, -0.15) is 0 Å². The molecule has 0 amide bonds. The Kier molecular flexibility index (Phi) is 6.79. The molecule has 0 heterocycles. The number of sulfonamides is 1. The number of hydrogen-bond acceptors (Lipinski definition) is 3. The van der Waals surface area contributed by atoms with Crippen LogP contribution in [0.2, 0.25) is 0 Å². The second kappa shape index (κ2) is 9.57. The molecule has 1 aliphatic carbocycles. The molecule has 4 rings (SSSR count). The number of hydrogen-bond donors (Lipinski definition) is 1. The van der Waals surface area contributed by atoms with Crippen molar-refractivity contribution in [3.8, 4) is 0 Å². The Bertz CT molecular complexity index is 1160. The molecule has 0 spiro atoms. The Morgan fingerprint density at radius 1 is 0.875 bits per heavy atom. The Labute approximate surface area is 191 Å². The van der Waals surface area contributed by atoms with Gasteiger partial charge in [0, 0.05) is 19.5 Å². The molecule has 3 aromatic rings. The van der Waals surface area contributed by atoms with Crippen molar-refractivity contribution < 1.29 is 13.5 Å². The molecular formula is C27H31NO3S. The molecule has 2 atom stereocenters. The average Bonchev–Trinajstić information content (AvgIpc) is 2.82. The molecule has 1 aliphatic rings. The summed E-state index contributed by atoms with van der Waals surface area (Å²) in [5.74, 6) is -0.380. The van der Waals surface area contributed by atoms with Crippen molar-refractivity contribution in [1.29, 1.82) is 0 Å². The summed E-state index contributed by atoms with van der Waals surface area (Å²) in [6.07, 6.45) is 3.69. The highest BCUT2D eigenvalue weighted by Crippen LogP contribution is 2.35. The Hall–Kier alpha value is -2.47. The summed E-state index contributed by atoms with van der Waals surface area (Å²) < 4.78 is 27.9. The molecule has 168 valence electrons. The van der Waals surface area contributed by atoms with E-state index in [1.807, 2.05) is 37.3 Å². The maximum Gasteiger partial charge on any atom is 0.242 e. The number of aryl methyl sites for hydroxylation is 3. The van der Waals surface area contributed by atoms with Crippen LogP contribution >= 0.6 is 0 Å². The van der Waals surface area contributed by atoms with Crippen molar-refractivity contribution in [2.75, 3.05) is 13.6 Å². The van der Waals surface area contributed by atoms with Gasteiger partial charge in [-0.25, -0.2) is 12.7 Å². The van der Waals surface area contributed by atoms with Gasteiger partial charge in [0.15, 0.2) is 0 Å². The average molecular weight is 450 g/mol. The van der Waals surface area contributed by atoms with Gasteiger partial charge in [0.1, 0.15) is 0 Å². The second-order valence-electron chi connectivity index (χ2n) is 8.80. The molecule has 0 unspecified atom stereocenters. The number of likely N-dealkylation sites (N-methyl/N-ethyl adjacent to an activating group) is 1. The maximum atomic E-state index is 13.2. The number of nitrogens with zero attached hydrogens (tertiary/aromatic N) is 1. The lowest BCUT2D eigenvalue weighted by atomic mass is 9.84. The van der Waals surface area contributed by atoms with E-state index >= 15 is 0 Å². The van der Waals surface area contributed by atoms with Crippen molar-refractivity contribution in [2.45, 2.75) is 49.5 Å². The van der Waals surface area contributed by atoms with Crippen molar-refractivity contribution in [3.05, 3.63) is 101 Å². The van der Waals surface area contributed by atoms with Gasteiger partial charge in [0.05, 0.1) is 11.0 Å². The summed E-state index contributed by atoms with van der Waals surface area (Å²) in [6.45, 7) is 2.12. The lowest BCUT2D eigenvalue weighted by Crippen LogP contribution is -2.33. The molecule has 3 aromatic carbocycles. The van der Waals surface area contributed by atoms with E-state index in [1.54, 1.807) is 31.3 Å². The molecular weight excluding hydrogens is 418 g/mol. The third kappa shape index (κ3) is 4.80. The lowest BCUT2D eigenvalue weighted by molar-refractivity contribution is 0.136. The van der Waals surface area contributed by atoms with Crippen LogP contribution in [-0.4, -0.2) is 31.4 Å². The van der Waals surface area contributed by atoms with Crippen molar-refractivity contribution in [2.24, 2.45) is 0 Å². The Morgan fingerprint density at radius 3 is 2.22 bits per heavy atom. The zero-order chi connectivity index (χ0) is 22.7. The Balaban J connectivity index is 1.68. The zero-order valence-corrected chi connectivity index (χ0v) is 19.6. The van der Waals surface area contributed by atoms with E-state index in [4.69, 9.17) is 0 Å². The first-order chi connectivity index (χ1) is 15.4. The fourth-order valence-corrected chi connectivity index (χ4v) is 5.72. The van der Waals surface area contributed by atoms with Crippen LogP contribution < -0.4 is 0 Å². The molecule has 0 radical (unpaired) electrons. The van der Waals surface area contributed by atoms with E-state index in [-0.39, 0.29) is 17.4 Å². The molecule has 0 bridgehead atoms. The summed E-state index contributed by atoms with van der Waals surface area (Å²) in [7, 11) is -2.07. The van der Waals surface area contributed by atoms with E-state index in [0.717, 1.165) is 29.5 Å². The van der Waals surface area contributed by atoms with Crippen LogP contribution in [0.25, 0.3) is 0 Å². The number of fused-ring (bicyclic) bond motifs is 1. The van der Waals surface area contributed by atoms with Crippen LogP contribution in [0.1, 0.15) is 52.7 Å². The first-order valence-corrected chi connectivity index (χ1v) is 12.7. The minimum Gasteiger partial charge on any atom is -0.388 e. The SMILES string of the molecule is Cc1ccc(S(=O)(=O)N(C)C[C@H](c2ccc3c(c2)CCCC3)[C@@H](O)c2ccccc2)cc1. The highest BCUT2D eigenvalue weighted by molar-refractivity contribution is 7.89. The fourth-order valence-electron chi connectivity index (χ4n) is 4.52. The van der Waals surface area contributed by atoms with Crippen LogP contribution in [0.3, 0.4) is 0 Å². The molecule has 32 heavy (non-hydrogen) atoms. The van der Waals surface area contributed by atoms with Crippen LogP contribution in [-0.2, 0) is 22.9 Å². The smallest absolute Gasteiger partial charge is 0.242 e. The predicted octanol–water partition coefficient (Wildman–Crippen LogP) is 5.01. The van der Waals surface area contributed by atoms with Gasteiger partial charge in [-0.15, -0.1) is 0 Å². The van der Waals surface area contributed by atoms with Crippen molar-refractivity contribution in [3.63, 3.8) is 0 Å². The zero-order valence-electron chi connectivity index (χ0n) is 18.7. The highest BCUT2D eigenvalue weighted by atomic mass is 32.2. The van der Waals surface area contributed by atoms with Gasteiger partial charge in [0.2, 0.25) is 10.0 Å². The third-order valence-electron chi connectivity index (χ3n) is 6.51.